The minimum Gasteiger partial charge on any atom is -0.198 e. The largest absolute Gasteiger partial charge is 0.402 e. The van der Waals surface area contributed by atoms with Gasteiger partial charge in [0.1, 0.15) is 0 Å². The lowest BCUT2D eigenvalue weighted by Crippen LogP contribution is -2.40. The van der Waals surface area contributed by atoms with Crippen LogP contribution in [0.15, 0.2) is 24.3 Å². The van der Waals surface area contributed by atoms with Crippen LogP contribution in [0, 0.1) is 17.2 Å². The van der Waals surface area contributed by atoms with Crippen molar-refractivity contribution in [1.82, 2.24) is 0 Å². The lowest BCUT2D eigenvalue weighted by molar-refractivity contribution is -0.286. The molecule has 104 valence electrons. The van der Waals surface area contributed by atoms with Gasteiger partial charge in [0.05, 0.1) is 12.0 Å². The third-order valence-electron chi connectivity index (χ3n) is 2.41. The fourth-order valence-corrected chi connectivity index (χ4v) is 1.70. The van der Waals surface area contributed by atoms with E-state index in [1.165, 1.54) is 0 Å². The molecular formula is C11H6ClF6N. The molecule has 19 heavy (non-hydrogen) atoms. The maximum Gasteiger partial charge on any atom is 0.402 e. The SMILES string of the molecule is N#CC(c1ccc(Cl)cc1)C(C(F)(F)F)C(F)(F)F. The van der Waals surface area contributed by atoms with Gasteiger partial charge in [0, 0.05) is 5.02 Å². The summed E-state index contributed by atoms with van der Waals surface area (Å²) in [6.45, 7) is 0. The van der Waals surface area contributed by atoms with Gasteiger partial charge in [-0.2, -0.15) is 31.6 Å². The smallest absolute Gasteiger partial charge is 0.198 e. The fourth-order valence-electron chi connectivity index (χ4n) is 1.58. The van der Waals surface area contributed by atoms with Crippen LogP contribution < -0.4 is 0 Å². The Morgan fingerprint density at radius 3 is 1.68 bits per heavy atom. The van der Waals surface area contributed by atoms with Gasteiger partial charge in [-0.15, -0.1) is 0 Å². The second-order valence-electron chi connectivity index (χ2n) is 3.72. The van der Waals surface area contributed by atoms with Gasteiger partial charge in [-0.3, -0.25) is 0 Å². The highest BCUT2D eigenvalue weighted by Crippen LogP contribution is 2.47. The summed E-state index contributed by atoms with van der Waals surface area (Å²) in [7, 11) is 0. The van der Waals surface area contributed by atoms with Gasteiger partial charge >= 0.3 is 12.4 Å². The van der Waals surface area contributed by atoms with E-state index in [2.05, 4.69) is 0 Å². The van der Waals surface area contributed by atoms with Crippen LogP contribution in [0.5, 0.6) is 0 Å². The summed E-state index contributed by atoms with van der Waals surface area (Å²) < 4.78 is 75.1. The highest BCUT2D eigenvalue weighted by molar-refractivity contribution is 6.30. The molecule has 0 aromatic heterocycles. The van der Waals surface area contributed by atoms with Crippen LogP contribution >= 0.6 is 11.6 Å². The van der Waals surface area contributed by atoms with E-state index in [-0.39, 0.29) is 10.6 Å². The van der Waals surface area contributed by atoms with E-state index in [1.54, 1.807) is 0 Å². The van der Waals surface area contributed by atoms with Crippen molar-refractivity contribution in [2.75, 3.05) is 0 Å². The molecule has 0 bridgehead atoms. The summed E-state index contributed by atoms with van der Waals surface area (Å²) in [5.74, 6) is -6.09. The third-order valence-corrected chi connectivity index (χ3v) is 2.66. The van der Waals surface area contributed by atoms with Crippen molar-refractivity contribution in [3.05, 3.63) is 34.9 Å². The Hall–Kier alpha value is -1.42. The first kappa shape index (κ1) is 15.6. The van der Waals surface area contributed by atoms with E-state index in [0.29, 0.717) is 0 Å². The van der Waals surface area contributed by atoms with Gasteiger partial charge in [-0.1, -0.05) is 23.7 Å². The Balaban J connectivity index is 3.26. The number of alkyl halides is 6. The van der Waals surface area contributed by atoms with E-state index in [4.69, 9.17) is 16.9 Å². The van der Waals surface area contributed by atoms with Crippen molar-refractivity contribution in [2.24, 2.45) is 5.92 Å². The first-order valence-corrected chi connectivity index (χ1v) is 5.23. The molecule has 0 N–H and O–H groups in total. The van der Waals surface area contributed by atoms with Crippen LogP contribution in [0.3, 0.4) is 0 Å². The summed E-state index contributed by atoms with van der Waals surface area (Å²) in [6, 6.07) is 5.27. The zero-order chi connectivity index (χ0) is 14.8. The number of benzene rings is 1. The molecule has 8 heteroatoms. The van der Waals surface area contributed by atoms with E-state index in [0.717, 1.165) is 30.3 Å². The number of rotatable bonds is 2. The summed E-state index contributed by atoms with van der Waals surface area (Å²) in [6.07, 6.45) is -11.1. The Morgan fingerprint density at radius 1 is 0.947 bits per heavy atom. The summed E-state index contributed by atoms with van der Waals surface area (Å²) in [5.41, 5.74) is -0.383. The second kappa shape index (κ2) is 5.29. The van der Waals surface area contributed by atoms with Gasteiger partial charge < -0.3 is 0 Å². The Kier molecular flexibility index (Phi) is 4.35. The molecule has 0 amide bonds. The molecule has 1 unspecified atom stereocenters. The van der Waals surface area contributed by atoms with Crippen molar-refractivity contribution < 1.29 is 26.3 Å². The molecule has 1 aromatic carbocycles. The highest BCUT2D eigenvalue weighted by atomic mass is 35.5. The minimum absolute atomic E-state index is 0.149. The number of nitrogens with zero attached hydrogens (tertiary/aromatic N) is 1. The maximum absolute atomic E-state index is 12.5. The van der Waals surface area contributed by atoms with Gasteiger partial charge in [0.25, 0.3) is 0 Å². The zero-order valence-electron chi connectivity index (χ0n) is 9.06. The van der Waals surface area contributed by atoms with E-state index in [9.17, 15) is 26.3 Å². The van der Waals surface area contributed by atoms with Crippen molar-refractivity contribution in [3.63, 3.8) is 0 Å². The Bertz CT molecular complexity index is 456. The lowest BCUT2D eigenvalue weighted by atomic mass is 9.86. The van der Waals surface area contributed by atoms with E-state index in [1.807, 2.05) is 0 Å². The first-order valence-electron chi connectivity index (χ1n) is 4.86. The van der Waals surface area contributed by atoms with Gasteiger partial charge in [-0.05, 0) is 17.7 Å². The van der Waals surface area contributed by atoms with Crippen LogP contribution in [-0.4, -0.2) is 12.4 Å². The fraction of sp³-hybridized carbons (Fsp3) is 0.364. The number of hydrogen-bond donors (Lipinski definition) is 0. The number of halogens is 7. The van der Waals surface area contributed by atoms with Gasteiger partial charge in [0.2, 0.25) is 0 Å². The molecule has 0 aliphatic rings. The maximum atomic E-state index is 12.5. The molecule has 0 heterocycles. The second-order valence-corrected chi connectivity index (χ2v) is 4.16. The molecule has 0 radical (unpaired) electrons. The van der Waals surface area contributed by atoms with Crippen LogP contribution in [0.2, 0.25) is 5.02 Å². The average molecular weight is 302 g/mol. The van der Waals surface area contributed by atoms with Crippen molar-refractivity contribution in [2.45, 2.75) is 18.3 Å². The molecule has 0 aliphatic heterocycles. The van der Waals surface area contributed by atoms with Crippen LogP contribution in [0.25, 0.3) is 0 Å². The molecule has 1 rings (SSSR count). The van der Waals surface area contributed by atoms with Gasteiger partial charge in [-0.25, -0.2) is 0 Å². The molecular weight excluding hydrogens is 296 g/mol. The van der Waals surface area contributed by atoms with Crippen molar-refractivity contribution in [1.29, 1.82) is 5.26 Å². The average Bonchev–Trinajstić information content (AvgIpc) is 2.23. The molecule has 1 atom stereocenters. The normalized spacial score (nSPS) is 14.3. The predicted molar refractivity (Wildman–Crippen MR) is 55.4 cm³/mol. The zero-order valence-corrected chi connectivity index (χ0v) is 9.81. The Labute approximate surface area is 109 Å². The monoisotopic (exact) mass is 301 g/mol. The van der Waals surface area contributed by atoms with Crippen LogP contribution in [0.1, 0.15) is 11.5 Å². The molecule has 0 saturated heterocycles. The predicted octanol–water partition coefficient (Wildman–Crippen LogP) is 4.69. The molecule has 1 aromatic rings. The Morgan fingerprint density at radius 2 is 1.37 bits per heavy atom. The number of hydrogen-bond acceptors (Lipinski definition) is 1. The summed E-state index contributed by atoms with van der Waals surface area (Å²) >= 11 is 5.49. The van der Waals surface area contributed by atoms with Crippen LogP contribution in [-0.2, 0) is 0 Å². The van der Waals surface area contributed by atoms with E-state index < -0.39 is 24.2 Å². The minimum atomic E-state index is -5.56. The standard InChI is InChI=1S/C11H6ClF6N/c12-7-3-1-6(2-4-7)8(5-19)9(10(13,14)15)11(16,17)18/h1-4,8-9H. The quantitative estimate of drug-likeness (QED) is 0.727. The molecule has 0 saturated carbocycles. The molecule has 1 nitrogen and oxygen atoms in total. The molecule has 0 spiro atoms. The first-order chi connectivity index (χ1) is 8.57. The van der Waals surface area contributed by atoms with E-state index >= 15 is 0 Å². The summed E-state index contributed by atoms with van der Waals surface area (Å²) in [5, 5.41) is 8.81. The molecule has 0 aliphatic carbocycles. The summed E-state index contributed by atoms with van der Waals surface area (Å²) in [4.78, 5) is 0. The topological polar surface area (TPSA) is 23.8 Å². The van der Waals surface area contributed by atoms with Crippen molar-refractivity contribution in [3.8, 4) is 6.07 Å². The highest BCUT2D eigenvalue weighted by Gasteiger charge is 2.60. The van der Waals surface area contributed by atoms with Gasteiger partial charge in [0.15, 0.2) is 5.92 Å². The lowest BCUT2D eigenvalue weighted by Gasteiger charge is -2.26. The number of nitriles is 1. The van der Waals surface area contributed by atoms with Crippen LogP contribution in [0.4, 0.5) is 26.3 Å². The molecule has 0 fully saturated rings. The van der Waals surface area contributed by atoms with Crippen molar-refractivity contribution >= 4 is 11.6 Å². The third kappa shape index (κ3) is 3.77.